The molecule has 2 saturated heterocycles. The number of para-hydroxylation sites is 1. The van der Waals surface area contributed by atoms with Gasteiger partial charge in [0.1, 0.15) is 16.7 Å². The van der Waals surface area contributed by atoms with E-state index in [1.165, 1.54) is 24.0 Å². The van der Waals surface area contributed by atoms with E-state index >= 15 is 0 Å². The number of thiophene rings is 1. The average molecular weight is 626 g/mol. The maximum atomic E-state index is 12.4. The highest BCUT2D eigenvalue weighted by molar-refractivity contribution is 7.20. The van der Waals surface area contributed by atoms with Crippen LogP contribution in [0.5, 0.6) is 11.5 Å². The van der Waals surface area contributed by atoms with Crippen LogP contribution in [-0.4, -0.2) is 71.3 Å². The Bertz CT molecular complexity index is 1590. The number of hydrogen-bond donors (Lipinski definition) is 1. The second-order valence-electron chi connectivity index (χ2n) is 11.9. The lowest BCUT2D eigenvalue weighted by molar-refractivity contribution is -0.0896. The molecule has 43 heavy (non-hydrogen) atoms. The van der Waals surface area contributed by atoms with E-state index in [2.05, 4.69) is 39.0 Å². The van der Waals surface area contributed by atoms with Gasteiger partial charge in [-0.2, -0.15) is 0 Å². The summed E-state index contributed by atoms with van der Waals surface area (Å²) in [5, 5.41) is 0.646. The summed E-state index contributed by atoms with van der Waals surface area (Å²) < 4.78 is 21.0. The standard InChI is InChI=1S/C31H36ClN5O5S/c1-18-13-20(32)15-33-28(18)31(2)41-24-6-4-5-22(27(24)42-31)19-7-10-36(11-8-19)17-26-34-30-23(37(26)16-21-9-12-40-21)14-25(43-30)29(38)35-39-3/h4-6,13-15,18-19,21,28H,7-12,16-17H2,1-3H3,(H,35,38)/t18?,21-,28?,31-/m0/s1. The number of fused-ring (bicyclic) bond motifs is 2. The van der Waals surface area contributed by atoms with Crippen molar-refractivity contribution in [1.29, 1.82) is 0 Å². The molecule has 4 aliphatic heterocycles. The number of hydroxylamine groups is 1. The van der Waals surface area contributed by atoms with Gasteiger partial charge in [-0.3, -0.25) is 19.5 Å². The number of imidazole rings is 1. The number of nitrogens with one attached hydrogen (secondary N) is 1. The first-order chi connectivity index (χ1) is 20.8. The molecular formula is C31H36ClN5O5S. The maximum absolute atomic E-state index is 12.4. The molecule has 0 bridgehead atoms. The Hall–Kier alpha value is -2.96. The average Bonchev–Trinajstić information content (AvgIpc) is 3.62. The minimum absolute atomic E-state index is 0.0938. The highest BCUT2D eigenvalue weighted by Crippen LogP contribution is 2.49. The van der Waals surface area contributed by atoms with Gasteiger partial charge < -0.3 is 18.8 Å². The van der Waals surface area contributed by atoms with E-state index in [-0.39, 0.29) is 24.0 Å². The summed E-state index contributed by atoms with van der Waals surface area (Å²) in [6.45, 7) is 8.24. The van der Waals surface area contributed by atoms with Crippen LogP contribution >= 0.6 is 22.9 Å². The van der Waals surface area contributed by atoms with Gasteiger partial charge in [0.05, 0.1) is 41.7 Å². The summed E-state index contributed by atoms with van der Waals surface area (Å²) in [7, 11) is 1.43. The van der Waals surface area contributed by atoms with Gasteiger partial charge in [-0.05, 0) is 50.4 Å². The van der Waals surface area contributed by atoms with Gasteiger partial charge in [0.2, 0.25) is 0 Å². The second kappa shape index (κ2) is 11.5. The van der Waals surface area contributed by atoms with Crippen molar-refractivity contribution >= 4 is 45.4 Å². The van der Waals surface area contributed by atoms with Crippen molar-refractivity contribution in [3.05, 3.63) is 51.6 Å². The normalized spacial score (nSPS) is 27.3. The number of rotatable bonds is 8. The fraction of sp³-hybridized carbons (Fsp3) is 0.516. The van der Waals surface area contributed by atoms with Crippen molar-refractivity contribution in [2.45, 2.75) is 70.1 Å². The van der Waals surface area contributed by atoms with Crippen LogP contribution in [-0.2, 0) is 22.7 Å². The molecule has 2 fully saturated rings. The molecule has 228 valence electrons. The molecule has 1 amide bonds. The van der Waals surface area contributed by atoms with Gasteiger partial charge in [0.15, 0.2) is 11.5 Å². The smallest absolute Gasteiger partial charge is 0.285 e. The molecule has 2 aromatic heterocycles. The molecule has 10 nitrogen and oxygen atoms in total. The zero-order chi connectivity index (χ0) is 29.7. The van der Waals surface area contributed by atoms with Gasteiger partial charge in [-0.25, -0.2) is 10.5 Å². The summed E-state index contributed by atoms with van der Waals surface area (Å²) in [6.07, 6.45) is 6.93. The predicted octanol–water partition coefficient (Wildman–Crippen LogP) is 5.26. The molecule has 7 rings (SSSR count). The number of aliphatic imine (C=N–C) groups is 1. The SMILES string of the molecule is CONC(=O)c1cc2c(nc(CN3CCC(c4cccc5c4O[C@@](C)(C4N=CC(Cl)=CC4C)O5)CC3)n2C[C@@H]2CCO2)s1. The van der Waals surface area contributed by atoms with Crippen LogP contribution in [0.4, 0.5) is 0 Å². The molecule has 1 N–H and O–H groups in total. The number of carbonyl (C=O) groups is 1. The fourth-order valence-electron chi connectivity index (χ4n) is 6.67. The lowest BCUT2D eigenvalue weighted by atomic mass is 9.88. The zero-order valence-corrected chi connectivity index (χ0v) is 26.1. The van der Waals surface area contributed by atoms with Crippen molar-refractivity contribution in [3.63, 3.8) is 0 Å². The summed E-state index contributed by atoms with van der Waals surface area (Å²) in [5.41, 5.74) is 4.58. The Morgan fingerprint density at radius 1 is 1.26 bits per heavy atom. The van der Waals surface area contributed by atoms with Crippen molar-refractivity contribution in [2.75, 3.05) is 26.8 Å². The Kier molecular flexibility index (Phi) is 7.71. The number of ether oxygens (including phenoxy) is 3. The summed E-state index contributed by atoms with van der Waals surface area (Å²) in [5.74, 6) is 1.95. The van der Waals surface area contributed by atoms with Crippen molar-refractivity contribution in [3.8, 4) is 11.5 Å². The van der Waals surface area contributed by atoms with E-state index in [1.807, 2.05) is 25.1 Å². The first-order valence-electron chi connectivity index (χ1n) is 14.9. The minimum Gasteiger partial charge on any atom is -0.446 e. The van der Waals surface area contributed by atoms with Crippen molar-refractivity contribution < 1.29 is 23.8 Å². The van der Waals surface area contributed by atoms with Crippen LogP contribution in [0.15, 0.2) is 40.4 Å². The molecule has 0 radical (unpaired) electrons. The molecule has 6 heterocycles. The fourth-order valence-corrected chi connectivity index (χ4v) is 7.86. The highest BCUT2D eigenvalue weighted by atomic mass is 35.5. The summed E-state index contributed by atoms with van der Waals surface area (Å²) in [4.78, 5) is 30.7. The third-order valence-electron chi connectivity index (χ3n) is 8.96. The van der Waals surface area contributed by atoms with Crippen LogP contribution in [0.2, 0.25) is 0 Å². The van der Waals surface area contributed by atoms with Crippen LogP contribution in [0.3, 0.4) is 0 Å². The third-order valence-corrected chi connectivity index (χ3v) is 10.2. The summed E-state index contributed by atoms with van der Waals surface area (Å²) in [6, 6.07) is 7.95. The number of halogens is 1. The van der Waals surface area contributed by atoms with Gasteiger partial charge in [0, 0.05) is 31.2 Å². The molecule has 1 aromatic carbocycles. The topological polar surface area (TPSA) is 99.4 Å². The van der Waals surface area contributed by atoms with E-state index in [9.17, 15) is 4.79 Å². The van der Waals surface area contributed by atoms with Crippen LogP contribution in [0.1, 0.15) is 60.1 Å². The van der Waals surface area contributed by atoms with Crippen LogP contribution < -0.4 is 15.0 Å². The Morgan fingerprint density at radius 3 is 2.79 bits per heavy atom. The molecule has 0 aliphatic carbocycles. The lowest BCUT2D eigenvalue weighted by Gasteiger charge is -2.34. The van der Waals surface area contributed by atoms with E-state index in [0.29, 0.717) is 15.8 Å². The highest BCUT2D eigenvalue weighted by Gasteiger charge is 2.48. The molecule has 2 unspecified atom stereocenters. The summed E-state index contributed by atoms with van der Waals surface area (Å²) >= 11 is 7.57. The van der Waals surface area contributed by atoms with Crippen molar-refractivity contribution in [1.82, 2.24) is 19.9 Å². The monoisotopic (exact) mass is 625 g/mol. The Balaban J connectivity index is 1.04. The molecular weight excluding hydrogens is 590 g/mol. The number of allylic oxidation sites excluding steroid dienone is 1. The quantitative estimate of drug-likeness (QED) is 0.341. The maximum Gasteiger partial charge on any atom is 0.285 e. The van der Waals surface area contributed by atoms with Crippen LogP contribution in [0.25, 0.3) is 10.3 Å². The molecule has 0 spiro atoms. The lowest BCUT2D eigenvalue weighted by Crippen LogP contribution is -2.49. The predicted molar refractivity (Wildman–Crippen MR) is 165 cm³/mol. The number of hydrogen-bond acceptors (Lipinski definition) is 9. The second-order valence-corrected chi connectivity index (χ2v) is 13.4. The number of benzene rings is 1. The number of carbonyl (C=O) groups excluding carboxylic acids is 1. The molecule has 4 aliphatic rings. The van der Waals surface area contributed by atoms with E-state index < -0.39 is 5.79 Å². The zero-order valence-electron chi connectivity index (χ0n) is 24.5. The molecule has 0 saturated carbocycles. The molecule has 12 heteroatoms. The first kappa shape index (κ1) is 28.8. The Labute approximate surface area is 259 Å². The number of aromatic nitrogens is 2. The number of nitrogens with zero attached hydrogens (tertiary/aromatic N) is 4. The first-order valence-corrected chi connectivity index (χ1v) is 16.1. The number of likely N-dealkylation sites (tertiary alicyclic amines) is 1. The number of amides is 1. The van der Waals surface area contributed by atoms with E-state index in [0.717, 1.165) is 79.7 Å². The van der Waals surface area contributed by atoms with Gasteiger partial charge >= 0.3 is 0 Å². The van der Waals surface area contributed by atoms with E-state index in [4.69, 9.17) is 35.6 Å². The van der Waals surface area contributed by atoms with Crippen molar-refractivity contribution in [2.24, 2.45) is 10.9 Å². The number of piperidine rings is 1. The minimum atomic E-state index is -0.888. The van der Waals surface area contributed by atoms with Crippen LogP contribution in [0, 0.1) is 5.92 Å². The van der Waals surface area contributed by atoms with Gasteiger partial charge in [0.25, 0.3) is 11.7 Å². The van der Waals surface area contributed by atoms with Gasteiger partial charge in [-0.1, -0.05) is 36.7 Å². The molecule has 4 atom stereocenters. The van der Waals surface area contributed by atoms with Gasteiger partial charge in [-0.15, -0.1) is 11.3 Å². The van der Waals surface area contributed by atoms with E-state index in [1.54, 1.807) is 6.21 Å². The Morgan fingerprint density at radius 2 is 2.07 bits per heavy atom. The number of dihydropyridines is 1. The molecule has 3 aromatic rings. The largest absolute Gasteiger partial charge is 0.446 e. The third kappa shape index (κ3) is 5.46.